The van der Waals surface area contributed by atoms with Crippen molar-refractivity contribution in [1.82, 2.24) is 20.5 Å². The molecule has 2 amide bonds. The highest BCUT2D eigenvalue weighted by Gasteiger charge is 2.36. The van der Waals surface area contributed by atoms with Gasteiger partial charge in [0.15, 0.2) is 5.13 Å². The lowest BCUT2D eigenvalue weighted by molar-refractivity contribution is -0.134. The van der Waals surface area contributed by atoms with Crippen molar-refractivity contribution >= 4 is 44.5 Å². The lowest BCUT2D eigenvalue weighted by Gasteiger charge is -2.12. The van der Waals surface area contributed by atoms with Crippen LogP contribution < -0.4 is 10.2 Å². The summed E-state index contributed by atoms with van der Waals surface area (Å²) >= 11 is 1.47. The van der Waals surface area contributed by atoms with Crippen molar-refractivity contribution in [3.05, 3.63) is 41.7 Å². The first-order chi connectivity index (χ1) is 14.9. The third-order valence-corrected chi connectivity index (χ3v) is 5.50. The second-order valence-corrected chi connectivity index (χ2v) is 7.93. The van der Waals surface area contributed by atoms with E-state index in [-0.39, 0.29) is 24.2 Å². The van der Waals surface area contributed by atoms with Crippen LogP contribution in [0.15, 0.2) is 30.3 Å². The Morgan fingerprint density at radius 3 is 2.84 bits per heavy atom. The molecule has 1 saturated heterocycles. The molecule has 3 aromatic rings. The number of thiazole rings is 1. The molecule has 4 rings (SSSR count). The number of carbonyl (C=O) groups is 3. The standard InChI is InChI=1S/C18H19N5O3S.C2H4O2/c1-26-10-13-7-12(21-22-13)8-19-17(25)11-6-16(24)23(9-11)18-20-14-4-2-3-5-15(14)27-18;1-2(3)4/h2-5,7,11H,6,8-10H2,1H3,(H,19,25)(H,21,22);1H3,(H,3,4). The predicted octanol–water partition coefficient (Wildman–Crippen LogP) is 1.93. The number of hydrogen-bond acceptors (Lipinski definition) is 7. The molecule has 31 heavy (non-hydrogen) atoms. The SMILES string of the molecule is CC(=O)O.COCc1cc(CNC(=O)C2CC(=O)N(c3nc4ccccc4s3)C2)[nH]n1. The fourth-order valence-corrected chi connectivity index (χ4v) is 4.08. The second kappa shape index (κ2) is 10.1. The third kappa shape index (κ3) is 5.86. The number of amides is 2. The van der Waals surface area contributed by atoms with Gasteiger partial charge < -0.3 is 15.2 Å². The third-order valence-electron chi connectivity index (χ3n) is 4.44. The minimum atomic E-state index is -0.833. The highest BCUT2D eigenvalue weighted by Crippen LogP contribution is 2.32. The van der Waals surface area contributed by atoms with E-state index in [0.29, 0.717) is 24.8 Å². The maximum atomic E-state index is 12.5. The number of nitrogens with one attached hydrogen (secondary N) is 2. The second-order valence-electron chi connectivity index (χ2n) is 6.92. The molecule has 0 radical (unpaired) electrons. The Bertz CT molecular complexity index is 1040. The molecule has 11 heteroatoms. The summed E-state index contributed by atoms with van der Waals surface area (Å²) in [5.41, 5.74) is 2.44. The summed E-state index contributed by atoms with van der Waals surface area (Å²) in [5, 5.41) is 17.9. The van der Waals surface area contributed by atoms with Crippen LogP contribution in [-0.2, 0) is 32.3 Å². The predicted molar refractivity (Wildman–Crippen MR) is 115 cm³/mol. The maximum Gasteiger partial charge on any atom is 0.300 e. The molecule has 164 valence electrons. The normalized spacial score (nSPS) is 15.6. The van der Waals surface area contributed by atoms with Crippen LogP contribution >= 0.6 is 11.3 Å². The number of nitrogens with zero attached hydrogens (tertiary/aromatic N) is 3. The van der Waals surface area contributed by atoms with Gasteiger partial charge in [0.1, 0.15) is 0 Å². The largest absolute Gasteiger partial charge is 0.481 e. The van der Waals surface area contributed by atoms with Crippen molar-refractivity contribution in [2.45, 2.75) is 26.5 Å². The smallest absolute Gasteiger partial charge is 0.300 e. The molecule has 0 bridgehead atoms. The van der Waals surface area contributed by atoms with Crippen LogP contribution in [0.2, 0.25) is 0 Å². The molecule has 1 aliphatic heterocycles. The van der Waals surface area contributed by atoms with Gasteiger partial charge in [-0.05, 0) is 18.2 Å². The number of hydrogen-bond donors (Lipinski definition) is 3. The van der Waals surface area contributed by atoms with Gasteiger partial charge in [0.05, 0.1) is 40.7 Å². The number of carboxylic acids is 1. The minimum Gasteiger partial charge on any atom is -0.481 e. The number of methoxy groups -OCH3 is 1. The van der Waals surface area contributed by atoms with Crippen molar-refractivity contribution in [1.29, 1.82) is 0 Å². The van der Waals surface area contributed by atoms with Gasteiger partial charge in [0, 0.05) is 27.0 Å². The Morgan fingerprint density at radius 1 is 1.39 bits per heavy atom. The number of carbonyl (C=O) groups excluding carboxylic acids is 2. The topological polar surface area (TPSA) is 138 Å². The van der Waals surface area contributed by atoms with E-state index in [4.69, 9.17) is 14.6 Å². The van der Waals surface area contributed by atoms with Gasteiger partial charge in [0.2, 0.25) is 11.8 Å². The van der Waals surface area contributed by atoms with Crippen LogP contribution in [0, 0.1) is 5.92 Å². The molecule has 0 spiro atoms. The quantitative estimate of drug-likeness (QED) is 0.527. The summed E-state index contributed by atoms with van der Waals surface area (Å²) in [6.07, 6.45) is 0.194. The van der Waals surface area contributed by atoms with Crippen LogP contribution in [-0.4, -0.2) is 51.7 Å². The first kappa shape index (κ1) is 22.4. The number of anilines is 1. The monoisotopic (exact) mass is 445 g/mol. The summed E-state index contributed by atoms with van der Waals surface area (Å²) in [6.45, 7) is 2.18. The number of para-hydroxylation sites is 1. The van der Waals surface area contributed by atoms with E-state index in [1.165, 1.54) is 11.3 Å². The van der Waals surface area contributed by atoms with E-state index in [1.807, 2.05) is 30.3 Å². The minimum absolute atomic E-state index is 0.0712. The van der Waals surface area contributed by atoms with Gasteiger partial charge in [-0.25, -0.2) is 4.98 Å². The molecule has 1 fully saturated rings. The fourth-order valence-electron chi connectivity index (χ4n) is 3.09. The van der Waals surface area contributed by atoms with Crippen LogP contribution in [0.1, 0.15) is 24.7 Å². The highest BCUT2D eigenvalue weighted by molar-refractivity contribution is 7.22. The van der Waals surface area contributed by atoms with Crippen molar-refractivity contribution in [3.8, 4) is 0 Å². The Morgan fingerprint density at radius 2 is 2.13 bits per heavy atom. The van der Waals surface area contributed by atoms with Crippen LogP contribution in [0.3, 0.4) is 0 Å². The summed E-state index contributed by atoms with van der Waals surface area (Å²) in [7, 11) is 1.60. The Hall–Kier alpha value is -3.31. The summed E-state index contributed by atoms with van der Waals surface area (Å²) < 4.78 is 6.04. The molecule has 1 aliphatic rings. The fraction of sp³-hybridized carbons (Fsp3) is 0.350. The molecule has 1 unspecified atom stereocenters. The molecule has 2 aromatic heterocycles. The molecular weight excluding hydrogens is 422 g/mol. The van der Waals surface area contributed by atoms with E-state index < -0.39 is 5.97 Å². The van der Waals surface area contributed by atoms with E-state index >= 15 is 0 Å². The van der Waals surface area contributed by atoms with Crippen LogP contribution in [0.4, 0.5) is 5.13 Å². The van der Waals surface area contributed by atoms with Crippen molar-refractivity contribution in [2.75, 3.05) is 18.6 Å². The molecule has 0 aliphatic carbocycles. The number of carboxylic acid groups (broad SMARTS) is 1. The van der Waals surface area contributed by atoms with Gasteiger partial charge in [-0.1, -0.05) is 23.5 Å². The Labute approximate surface area is 182 Å². The number of fused-ring (bicyclic) bond motifs is 1. The average Bonchev–Trinajstić information content (AvgIpc) is 3.43. The van der Waals surface area contributed by atoms with Gasteiger partial charge in [0.25, 0.3) is 5.97 Å². The molecule has 1 atom stereocenters. The van der Waals surface area contributed by atoms with Gasteiger partial charge in [-0.2, -0.15) is 5.10 Å². The summed E-state index contributed by atoms with van der Waals surface area (Å²) in [4.78, 5) is 40.0. The van der Waals surface area contributed by atoms with E-state index in [1.54, 1.807) is 12.0 Å². The molecule has 3 heterocycles. The molecule has 10 nitrogen and oxygen atoms in total. The molecule has 3 N–H and O–H groups in total. The number of H-pyrrole nitrogens is 1. The summed E-state index contributed by atoms with van der Waals surface area (Å²) in [5.74, 6) is -1.43. The van der Waals surface area contributed by atoms with Gasteiger partial charge in [-0.15, -0.1) is 0 Å². The number of aliphatic carboxylic acids is 1. The lowest BCUT2D eigenvalue weighted by atomic mass is 10.1. The highest BCUT2D eigenvalue weighted by atomic mass is 32.1. The summed E-state index contributed by atoms with van der Waals surface area (Å²) in [6, 6.07) is 9.60. The number of benzene rings is 1. The average molecular weight is 446 g/mol. The van der Waals surface area contributed by atoms with Crippen LogP contribution in [0.25, 0.3) is 10.2 Å². The number of aromatic amines is 1. The zero-order chi connectivity index (χ0) is 22.4. The zero-order valence-corrected chi connectivity index (χ0v) is 17.9. The molecule has 0 saturated carbocycles. The van der Waals surface area contributed by atoms with Gasteiger partial charge >= 0.3 is 0 Å². The van der Waals surface area contributed by atoms with Crippen molar-refractivity contribution in [2.24, 2.45) is 5.92 Å². The first-order valence-corrected chi connectivity index (χ1v) is 10.3. The Balaban J connectivity index is 0.000000628. The molecule has 1 aromatic carbocycles. The number of ether oxygens (including phenoxy) is 1. The van der Waals surface area contributed by atoms with E-state index in [9.17, 15) is 9.59 Å². The van der Waals surface area contributed by atoms with E-state index in [2.05, 4.69) is 20.5 Å². The Kier molecular flexibility index (Phi) is 7.32. The maximum absolute atomic E-state index is 12.5. The van der Waals surface area contributed by atoms with E-state index in [0.717, 1.165) is 28.5 Å². The van der Waals surface area contributed by atoms with Crippen molar-refractivity contribution in [3.63, 3.8) is 0 Å². The van der Waals surface area contributed by atoms with Crippen molar-refractivity contribution < 1.29 is 24.2 Å². The number of aromatic nitrogens is 3. The number of rotatable bonds is 6. The van der Waals surface area contributed by atoms with Gasteiger partial charge in [-0.3, -0.25) is 24.4 Å². The lowest BCUT2D eigenvalue weighted by Crippen LogP contribution is -2.32. The van der Waals surface area contributed by atoms with Crippen LogP contribution in [0.5, 0.6) is 0 Å². The first-order valence-electron chi connectivity index (χ1n) is 9.52. The molecular formula is C20H23N5O5S. The zero-order valence-electron chi connectivity index (χ0n) is 17.1.